The van der Waals surface area contributed by atoms with Crippen LogP contribution >= 0.6 is 69.8 Å². The minimum Gasteiger partial charge on any atom is -0.317 e. The molecule has 2 aromatic carbocycles. The molecule has 0 aliphatic rings. The van der Waals surface area contributed by atoms with Crippen LogP contribution in [0.5, 0.6) is 0 Å². The second-order valence-corrected chi connectivity index (χ2v) is 6.65. The molecular formula is C13H6Cl5NOS. The van der Waals surface area contributed by atoms with Gasteiger partial charge in [-0.05, 0) is 23.9 Å². The number of nitrogens with one attached hydrogen (secondary N) is 1. The number of thioether (sulfide) groups is 1. The zero-order valence-electron chi connectivity index (χ0n) is 10.1. The number of carbonyl (C=O) groups excluding carboxylic acids is 1. The van der Waals surface area contributed by atoms with Crippen LogP contribution in [0.1, 0.15) is 0 Å². The van der Waals surface area contributed by atoms with Gasteiger partial charge in [0.1, 0.15) is 0 Å². The summed E-state index contributed by atoms with van der Waals surface area (Å²) in [6.07, 6.45) is 0. The molecule has 8 heteroatoms. The molecule has 2 nitrogen and oxygen atoms in total. The number of para-hydroxylation sites is 1. The van der Waals surface area contributed by atoms with Crippen LogP contribution in [0.25, 0.3) is 0 Å². The normalized spacial score (nSPS) is 10.5. The Morgan fingerprint density at radius 2 is 1.29 bits per heavy atom. The van der Waals surface area contributed by atoms with Crippen molar-refractivity contribution in [1.29, 1.82) is 0 Å². The molecule has 0 aliphatic heterocycles. The Balaban J connectivity index is 2.26. The Morgan fingerprint density at radius 3 is 1.81 bits per heavy atom. The predicted octanol–water partition coefficient (Wildman–Crippen LogP) is 7.28. The molecule has 0 saturated heterocycles. The summed E-state index contributed by atoms with van der Waals surface area (Å²) >= 11 is 30.7. The quantitative estimate of drug-likeness (QED) is 0.325. The number of halogens is 5. The maximum absolute atomic E-state index is 12.0. The van der Waals surface area contributed by atoms with Crippen LogP contribution in [-0.2, 0) is 0 Å². The topological polar surface area (TPSA) is 29.1 Å². The molecule has 21 heavy (non-hydrogen) atoms. The number of amides is 1. The van der Waals surface area contributed by atoms with E-state index in [2.05, 4.69) is 5.32 Å². The highest BCUT2D eigenvalue weighted by Crippen LogP contribution is 2.48. The Morgan fingerprint density at radius 1 is 0.810 bits per heavy atom. The molecule has 1 N–H and O–H groups in total. The van der Waals surface area contributed by atoms with Crippen molar-refractivity contribution in [2.45, 2.75) is 4.90 Å². The number of carbonyl (C=O) groups is 1. The molecule has 0 unspecified atom stereocenters. The molecule has 110 valence electrons. The van der Waals surface area contributed by atoms with Crippen molar-refractivity contribution >= 4 is 80.7 Å². The zero-order chi connectivity index (χ0) is 15.6. The zero-order valence-corrected chi connectivity index (χ0v) is 14.7. The van der Waals surface area contributed by atoms with Crippen molar-refractivity contribution in [2.24, 2.45) is 0 Å². The molecule has 1 amide bonds. The van der Waals surface area contributed by atoms with Crippen molar-refractivity contribution in [2.75, 3.05) is 5.32 Å². The van der Waals surface area contributed by atoms with E-state index in [1.54, 1.807) is 24.3 Å². The summed E-state index contributed by atoms with van der Waals surface area (Å²) in [6, 6.07) is 8.95. The lowest BCUT2D eigenvalue weighted by atomic mass is 10.3. The van der Waals surface area contributed by atoms with E-state index in [4.69, 9.17) is 58.0 Å². The van der Waals surface area contributed by atoms with Crippen LogP contribution in [0, 0.1) is 0 Å². The van der Waals surface area contributed by atoms with Gasteiger partial charge in [-0.2, -0.15) is 0 Å². The van der Waals surface area contributed by atoms with Gasteiger partial charge in [0.05, 0.1) is 30.0 Å². The SMILES string of the molecule is O=C(Nc1ccccc1)Sc1c(Cl)c(Cl)c(Cl)c(Cl)c1Cl. The Hall–Kier alpha value is -0.290. The van der Waals surface area contributed by atoms with Crippen LogP contribution in [0.3, 0.4) is 0 Å². The van der Waals surface area contributed by atoms with E-state index in [0.29, 0.717) is 5.69 Å². The van der Waals surface area contributed by atoms with Crippen LogP contribution in [-0.4, -0.2) is 5.24 Å². The first kappa shape index (κ1) is 17.1. The molecule has 0 atom stereocenters. The van der Waals surface area contributed by atoms with Gasteiger partial charge in [0.2, 0.25) is 0 Å². The lowest BCUT2D eigenvalue weighted by molar-refractivity contribution is 0.270. The average molecular weight is 402 g/mol. The summed E-state index contributed by atoms with van der Waals surface area (Å²) in [5.41, 5.74) is 0.647. The third-order valence-corrected chi connectivity index (χ3v) is 5.79. The fraction of sp³-hybridized carbons (Fsp3) is 0. The van der Waals surface area contributed by atoms with E-state index in [0.717, 1.165) is 11.8 Å². The Labute approximate surface area is 150 Å². The molecule has 0 aromatic heterocycles. The molecule has 0 aliphatic carbocycles. The highest BCUT2D eigenvalue weighted by Gasteiger charge is 2.21. The van der Waals surface area contributed by atoms with Gasteiger partial charge in [0.25, 0.3) is 5.24 Å². The highest BCUT2D eigenvalue weighted by atomic mass is 35.5. The van der Waals surface area contributed by atoms with Gasteiger partial charge in [0.15, 0.2) is 0 Å². The van der Waals surface area contributed by atoms with Gasteiger partial charge in [0, 0.05) is 5.69 Å². The molecule has 0 fully saturated rings. The first-order valence-electron chi connectivity index (χ1n) is 5.47. The second-order valence-electron chi connectivity index (χ2n) is 3.78. The van der Waals surface area contributed by atoms with Crippen LogP contribution in [0.15, 0.2) is 35.2 Å². The molecule has 2 aromatic rings. The van der Waals surface area contributed by atoms with Crippen molar-refractivity contribution in [1.82, 2.24) is 0 Å². The van der Waals surface area contributed by atoms with Gasteiger partial charge in [-0.1, -0.05) is 76.2 Å². The average Bonchev–Trinajstić information content (AvgIpc) is 2.48. The molecule has 2 rings (SSSR count). The van der Waals surface area contributed by atoms with E-state index in [1.807, 2.05) is 6.07 Å². The first-order valence-corrected chi connectivity index (χ1v) is 8.17. The summed E-state index contributed by atoms with van der Waals surface area (Å²) in [7, 11) is 0. The standard InChI is InChI=1S/C13H6Cl5NOS/c14-7-8(15)10(17)12(11(18)9(7)16)21-13(20)19-6-4-2-1-3-5-6/h1-5H,(H,19,20). The maximum atomic E-state index is 12.0. The van der Waals surface area contributed by atoms with E-state index < -0.39 is 0 Å². The molecule has 0 saturated carbocycles. The Bertz CT molecular complexity index is 664. The number of anilines is 1. The fourth-order valence-electron chi connectivity index (χ4n) is 1.43. The summed E-state index contributed by atoms with van der Waals surface area (Å²) in [5.74, 6) is 0. The summed E-state index contributed by atoms with van der Waals surface area (Å²) in [5, 5.41) is 2.66. The van der Waals surface area contributed by atoms with Crippen molar-refractivity contribution < 1.29 is 4.79 Å². The number of rotatable bonds is 2. The Kier molecular flexibility index (Phi) is 5.95. The highest BCUT2D eigenvalue weighted by molar-refractivity contribution is 8.14. The van der Waals surface area contributed by atoms with Crippen molar-refractivity contribution in [3.05, 3.63) is 55.4 Å². The number of hydrogen-bond acceptors (Lipinski definition) is 2. The molecule has 0 spiro atoms. The predicted molar refractivity (Wildman–Crippen MR) is 92.8 cm³/mol. The number of benzene rings is 2. The van der Waals surface area contributed by atoms with E-state index in [9.17, 15) is 4.79 Å². The monoisotopic (exact) mass is 399 g/mol. The van der Waals surface area contributed by atoms with Crippen LogP contribution in [0.4, 0.5) is 10.5 Å². The van der Waals surface area contributed by atoms with Gasteiger partial charge < -0.3 is 5.32 Å². The van der Waals surface area contributed by atoms with Crippen molar-refractivity contribution in [3.63, 3.8) is 0 Å². The van der Waals surface area contributed by atoms with Crippen LogP contribution in [0.2, 0.25) is 25.1 Å². The molecular weight excluding hydrogens is 395 g/mol. The third-order valence-electron chi connectivity index (χ3n) is 2.38. The number of hydrogen-bond donors (Lipinski definition) is 1. The smallest absolute Gasteiger partial charge is 0.288 e. The minimum absolute atomic E-state index is 0.0566. The molecule has 0 radical (unpaired) electrons. The van der Waals surface area contributed by atoms with Gasteiger partial charge >= 0.3 is 0 Å². The first-order chi connectivity index (χ1) is 9.91. The van der Waals surface area contributed by atoms with Gasteiger partial charge in [-0.15, -0.1) is 0 Å². The van der Waals surface area contributed by atoms with Gasteiger partial charge in [-0.25, -0.2) is 0 Å². The fourth-order valence-corrected chi connectivity index (χ4v) is 3.65. The van der Waals surface area contributed by atoms with E-state index in [1.165, 1.54) is 0 Å². The molecule has 0 heterocycles. The maximum Gasteiger partial charge on any atom is 0.288 e. The molecule has 0 bridgehead atoms. The third kappa shape index (κ3) is 3.92. The second kappa shape index (κ2) is 7.32. The largest absolute Gasteiger partial charge is 0.317 e. The van der Waals surface area contributed by atoms with Crippen LogP contribution < -0.4 is 5.32 Å². The summed E-state index contributed by atoms with van der Waals surface area (Å²) in [6.45, 7) is 0. The van der Waals surface area contributed by atoms with E-state index in [-0.39, 0.29) is 35.2 Å². The van der Waals surface area contributed by atoms with Gasteiger partial charge in [-0.3, -0.25) is 4.79 Å². The lowest BCUT2D eigenvalue weighted by Crippen LogP contribution is -2.04. The lowest BCUT2D eigenvalue weighted by Gasteiger charge is -2.11. The van der Waals surface area contributed by atoms with E-state index >= 15 is 0 Å². The summed E-state index contributed by atoms with van der Waals surface area (Å²) < 4.78 is 0. The minimum atomic E-state index is -0.376. The van der Waals surface area contributed by atoms with Crippen molar-refractivity contribution in [3.8, 4) is 0 Å². The summed E-state index contributed by atoms with van der Waals surface area (Å²) in [4.78, 5) is 12.3.